The molecule has 4 heteroatoms. The van der Waals surface area contributed by atoms with E-state index in [1.54, 1.807) is 7.11 Å². The highest BCUT2D eigenvalue weighted by molar-refractivity contribution is 9.10. The van der Waals surface area contributed by atoms with E-state index in [0.29, 0.717) is 0 Å². The molecular weight excluding hydrogens is 304 g/mol. The predicted molar refractivity (Wildman–Crippen MR) is 79.2 cm³/mol. The first-order valence-electron chi connectivity index (χ1n) is 6.51. The molecule has 2 rings (SSSR count). The zero-order chi connectivity index (χ0) is 13.9. The molecule has 0 radical (unpaired) electrons. The highest BCUT2D eigenvalue weighted by atomic mass is 79.9. The van der Waals surface area contributed by atoms with Crippen LogP contribution in [0.4, 0.5) is 0 Å². The van der Waals surface area contributed by atoms with Crippen molar-refractivity contribution in [3.8, 4) is 11.8 Å². The number of methoxy groups -OCH3 is 1. The van der Waals surface area contributed by atoms with E-state index < -0.39 is 0 Å². The Morgan fingerprint density at radius 1 is 1.47 bits per heavy atom. The summed E-state index contributed by atoms with van der Waals surface area (Å²) in [6, 6.07) is 8.51. The van der Waals surface area contributed by atoms with Crippen LogP contribution in [0.25, 0.3) is 0 Å². The standard InChI is InChI=1S/C15H19BrN2O/c1-18(11-15(10-17)6-7-15)8-5-12-9-13(16)3-4-14(12)19-2/h3-4,9H,5-8,11H2,1-2H3. The summed E-state index contributed by atoms with van der Waals surface area (Å²) >= 11 is 3.49. The molecule has 3 nitrogen and oxygen atoms in total. The molecule has 0 atom stereocenters. The molecule has 1 aliphatic carbocycles. The maximum atomic E-state index is 9.11. The van der Waals surface area contributed by atoms with Gasteiger partial charge in [-0.1, -0.05) is 15.9 Å². The smallest absolute Gasteiger partial charge is 0.122 e. The second kappa shape index (κ2) is 5.94. The first-order valence-corrected chi connectivity index (χ1v) is 7.30. The third kappa shape index (κ3) is 3.71. The van der Waals surface area contributed by atoms with Crippen LogP contribution in [0.2, 0.25) is 0 Å². The van der Waals surface area contributed by atoms with Crippen molar-refractivity contribution in [1.82, 2.24) is 4.90 Å². The fourth-order valence-corrected chi connectivity index (χ4v) is 2.71. The number of hydrogen-bond acceptors (Lipinski definition) is 3. The Balaban J connectivity index is 1.91. The molecule has 0 aromatic heterocycles. The number of halogens is 1. The summed E-state index contributed by atoms with van der Waals surface area (Å²) in [5, 5.41) is 9.11. The van der Waals surface area contributed by atoms with Gasteiger partial charge in [0.2, 0.25) is 0 Å². The van der Waals surface area contributed by atoms with E-state index in [0.717, 1.165) is 42.6 Å². The zero-order valence-corrected chi connectivity index (χ0v) is 13.0. The van der Waals surface area contributed by atoms with Crippen LogP contribution in [-0.2, 0) is 6.42 Å². The maximum absolute atomic E-state index is 9.11. The molecular formula is C15H19BrN2O. The lowest BCUT2D eigenvalue weighted by Gasteiger charge is -2.20. The molecule has 0 amide bonds. The van der Waals surface area contributed by atoms with Gasteiger partial charge in [-0.05, 0) is 50.1 Å². The minimum atomic E-state index is -0.0594. The topological polar surface area (TPSA) is 36.3 Å². The molecule has 1 aromatic carbocycles. The van der Waals surface area contributed by atoms with Crippen molar-refractivity contribution in [3.05, 3.63) is 28.2 Å². The summed E-state index contributed by atoms with van der Waals surface area (Å²) < 4.78 is 6.45. The van der Waals surface area contributed by atoms with Crippen molar-refractivity contribution in [2.24, 2.45) is 5.41 Å². The molecule has 0 bridgehead atoms. The fraction of sp³-hybridized carbons (Fsp3) is 0.533. The number of rotatable bonds is 6. The van der Waals surface area contributed by atoms with Crippen LogP contribution in [-0.4, -0.2) is 32.1 Å². The summed E-state index contributed by atoms with van der Waals surface area (Å²) in [4.78, 5) is 2.25. The van der Waals surface area contributed by atoms with E-state index in [1.807, 2.05) is 12.1 Å². The Morgan fingerprint density at radius 2 is 2.21 bits per heavy atom. The first kappa shape index (κ1) is 14.4. The van der Waals surface area contributed by atoms with Gasteiger partial charge in [0.1, 0.15) is 5.75 Å². The van der Waals surface area contributed by atoms with Gasteiger partial charge in [-0.15, -0.1) is 0 Å². The van der Waals surface area contributed by atoms with Gasteiger partial charge in [-0.2, -0.15) is 5.26 Å². The summed E-state index contributed by atoms with van der Waals surface area (Å²) in [6.07, 6.45) is 3.03. The van der Waals surface area contributed by atoms with Gasteiger partial charge < -0.3 is 9.64 Å². The number of hydrogen-bond donors (Lipinski definition) is 0. The predicted octanol–water partition coefficient (Wildman–Crippen LogP) is 3.24. The lowest BCUT2D eigenvalue weighted by Crippen LogP contribution is -2.28. The number of likely N-dealkylation sites (N-methyl/N-ethyl adjacent to an activating group) is 1. The van der Waals surface area contributed by atoms with Crippen LogP contribution in [0.15, 0.2) is 22.7 Å². The number of nitrogens with zero attached hydrogens (tertiary/aromatic N) is 2. The number of nitriles is 1. The third-order valence-electron chi connectivity index (χ3n) is 3.67. The molecule has 0 saturated heterocycles. The Labute approximate surface area is 123 Å². The molecule has 19 heavy (non-hydrogen) atoms. The van der Waals surface area contributed by atoms with E-state index in [1.165, 1.54) is 5.56 Å². The van der Waals surface area contributed by atoms with Crippen LogP contribution in [0.1, 0.15) is 18.4 Å². The van der Waals surface area contributed by atoms with Crippen molar-refractivity contribution in [1.29, 1.82) is 5.26 Å². The van der Waals surface area contributed by atoms with Crippen molar-refractivity contribution in [2.45, 2.75) is 19.3 Å². The molecule has 0 heterocycles. The molecule has 1 aliphatic rings. The lowest BCUT2D eigenvalue weighted by molar-refractivity contribution is 0.296. The fourth-order valence-electron chi connectivity index (χ4n) is 2.31. The quantitative estimate of drug-likeness (QED) is 0.806. The zero-order valence-electron chi connectivity index (χ0n) is 11.4. The average Bonchev–Trinajstić information content (AvgIpc) is 3.17. The van der Waals surface area contributed by atoms with Crippen molar-refractivity contribution >= 4 is 15.9 Å². The highest BCUT2D eigenvalue weighted by Crippen LogP contribution is 2.45. The van der Waals surface area contributed by atoms with E-state index in [2.05, 4.69) is 40.0 Å². The molecule has 0 spiro atoms. The second-order valence-corrected chi connectivity index (χ2v) is 6.25. The van der Waals surface area contributed by atoms with E-state index in [4.69, 9.17) is 10.00 Å². The average molecular weight is 323 g/mol. The van der Waals surface area contributed by atoms with Gasteiger partial charge in [-0.25, -0.2) is 0 Å². The highest BCUT2D eigenvalue weighted by Gasteiger charge is 2.43. The SMILES string of the molecule is COc1ccc(Br)cc1CCN(C)CC1(C#N)CC1. The summed E-state index contributed by atoms with van der Waals surface area (Å²) in [5.74, 6) is 0.929. The van der Waals surface area contributed by atoms with Crippen LogP contribution in [0, 0.1) is 16.7 Å². The van der Waals surface area contributed by atoms with Gasteiger partial charge in [0.05, 0.1) is 18.6 Å². The maximum Gasteiger partial charge on any atom is 0.122 e. The second-order valence-electron chi connectivity index (χ2n) is 5.34. The number of benzene rings is 1. The molecule has 1 fully saturated rings. The van der Waals surface area contributed by atoms with E-state index in [9.17, 15) is 0 Å². The van der Waals surface area contributed by atoms with Gasteiger partial charge in [-0.3, -0.25) is 0 Å². The summed E-state index contributed by atoms with van der Waals surface area (Å²) in [7, 11) is 3.78. The normalized spacial score (nSPS) is 16.2. The first-order chi connectivity index (χ1) is 9.08. The van der Waals surface area contributed by atoms with Crippen molar-refractivity contribution in [2.75, 3.05) is 27.2 Å². The molecule has 0 aliphatic heterocycles. The number of ether oxygens (including phenoxy) is 1. The minimum Gasteiger partial charge on any atom is -0.496 e. The van der Waals surface area contributed by atoms with Crippen molar-refractivity contribution < 1.29 is 4.74 Å². The Kier molecular flexibility index (Phi) is 4.49. The summed E-state index contributed by atoms with van der Waals surface area (Å²) in [6.45, 7) is 1.82. The van der Waals surface area contributed by atoms with Gasteiger partial charge in [0.25, 0.3) is 0 Å². The van der Waals surface area contributed by atoms with Gasteiger partial charge in [0, 0.05) is 17.6 Å². The molecule has 102 valence electrons. The summed E-state index contributed by atoms with van der Waals surface area (Å²) in [5.41, 5.74) is 1.14. The largest absolute Gasteiger partial charge is 0.496 e. The van der Waals surface area contributed by atoms with Crippen LogP contribution < -0.4 is 4.74 Å². The van der Waals surface area contributed by atoms with Crippen LogP contribution in [0.5, 0.6) is 5.75 Å². The van der Waals surface area contributed by atoms with Gasteiger partial charge in [0.15, 0.2) is 0 Å². The minimum absolute atomic E-state index is 0.0594. The molecule has 0 N–H and O–H groups in total. The molecule has 0 unspecified atom stereocenters. The lowest BCUT2D eigenvalue weighted by atomic mass is 10.1. The van der Waals surface area contributed by atoms with E-state index >= 15 is 0 Å². The van der Waals surface area contributed by atoms with Gasteiger partial charge >= 0.3 is 0 Å². The van der Waals surface area contributed by atoms with Crippen molar-refractivity contribution in [3.63, 3.8) is 0 Å². The van der Waals surface area contributed by atoms with E-state index in [-0.39, 0.29) is 5.41 Å². The monoisotopic (exact) mass is 322 g/mol. The molecule has 1 saturated carbocycles. The van der Waals surface area contributed by atoms with Crippen LogP contribution >= 0.6 is 15.9 Å². The Hall–Kier alpha value is -1.05. The van der Waals surface area contributed by atoms with Crippen LogP contribution in [0.3, 0.4) is 0 Å². The Morgan fingerprint density at radius 3 is 2.79 bits per heavy atom. The third-order valence-corrected chi connectivity index (χ3v) is 4.16. The molecule has 1 aromatic rings. The Bertz CT molecular complexity index is 491.